The van der Waals surface area contributed by atoms with Gasteiger partial charge in [-0.25, -0.2) is 0 Å². The van der Waals surface area contributed by atoms with Gasteiger partial charge >= 0.3 is 5.97 Å². The van der Waals surface area contributed by atoms with Crippen LogP contribution in [-0.2, 0) is 16.1 Å². The minimum Gasteiger partial charge on any atom is -0.460 e. The van der Waals surface area contributed by atoms with Gasteiger partial charge in [-0.2, -0.15) is 0 Å². The van der Waals surface area contributed by atoms with Crippen molar-refractivity contribution in [1.29, 1.82) is 0 Å². The summed E-state index contributed by atoms with van der Waals surface area (Å²) in [5, 5.41) is 2.43. The molecular weight excluding hydrogens is 284 g/mol. The third-order valence-corrected chi connectivity index (χ3v) is 2.81. The van der Waals surface area contributed by atoms with Crippen molar-refractivity contribution in [1.82, 2.24) is 10.3 Å². The van der Waals surface area contributed by atoms with Gasteiger partial charge in [0.15, 0.2) is 6.29 Å². The molecule has 0 saturated heterocycles. The van der Waals surface area contributed by atoms with Crippen LogP contribution in [0.1, 0.15) is 26.4 Å². The van der Waals surface area contributed by atoms with Crippen LogP contribution in [0, 0.1) is 0 Å². The van der Waals surface area contributed by atoms with E-state index in [1.807, 2.05) is 30.3 Å². The summed E-state index contributed by atoms with van der Waals surface area (Å²) in [5.41, 5.74) is 1.37. The summed E-state index contributed by atoms with van der Waals surface area (Å²) in [6.07, 6.45) is 1.86. The predicted molar refractivity (Wildman–Crippen MR) is 78.2 cm³/mol. The summed E-state index contributed by atoms with van der Waals surface area (Å²) in [4.78, 5) is 37.6. The number of benzene rings is 1. The molecule has 112 valence electrons. The first-order chi connectivity index (χ1) is 10.7. The van der Waals surface area contributed by atoms with Crippen LogP contribution in [0.4, 0.5) is 0 Å². The number of hydrogen-bond donors (Lipinski definition) is 1. The minimum absolute atomic E-state index is 0.158. The lowest BCUT2D eigenvalue weighted by atomic mass is 10.2. The molecule has 1 aromatic carbocycles. The van der Waals surface area contributed by atoms with E-state index in [9.17, 15) is 14.4 Å². The van der Waals surface area contributed by atoms with Crippen molar-refractivity contribution >= 4 is 18.2 Å². The smallest absolute Gasteiger partial charge is 0.325 e. The highest BCUT2D eigenvalue weighted by atomic mass is 16.5. The maximum atomic E-state index is 11.8. The van der Waals surface area contributed by atoms with Crippen LogP contribution in [-0.4, -0.2) is 29.7 Å². The molecule has 0 saturated carbocycles. The second kappa shape index (κ2) is 7.68. The van der Waals surface area contributed by atoms with Gasteiger partial charge in [0.05, 0.1) is 5.56 Å². The fourth-order valence-electron chi connectivity index (χ4n) is 1.65. The van der Waals surface area contributed by atoms with Gasteiger partial charge in [-0.05, 0) is 17.7 Å². The average Bonchev–Trinajstić information content (AvgIpc) is 2.58. The SMILES string of the molecule is O=Cc1ccc(C(=O)NCC(=O)OCc2ccccc2)cn1. The zero-order valence-corrected chi connectivity index (χ0v) is 11.7. The van der Waals surface area contributed by atoms with E-state index < -0.39 is 11.9 Å². The lowest BCUT2D eigenvalue weighted by Crippen LogP contribution is -2.30. The van der Waals surface area contributed by atoms with Crippen molar-refractivity contribution in [3.05, 3.63) is 65.5 Å². The quantitative estimate of drug-likeness (QED) is 0.643. The fourth-order valence-corrected chi connectivity index (χ4v) is 1.65. The van der Waals surface area contributed by atoms with Gasteiger partial charge in [0, 0.05) is 6.20 Å². The number of nitrogens with one attached hydrogen (secondary N) is 1. The fraction of sp³-hybridized carbons (Fsp3) is 0.125. The number of aldehydes is 1. The first-order valence-electron chi connectivity index (χ1n) is 6.58. The molecule has 6 nitrogen and oxygen atoms in total. The number of amides is 1. The zero-order valence-electron chi connectivity index (χ0n) is 11.7. The highest BCUT2D eigenvalue weighted by Crippen LogP contribution is 2.01. The molecule has 1 amide bonds. The molecule has 2 aromatic rings. The maximum absolute atomic E-state index is 11.8. The molecule has 0 unspecified atom stereocenters. The Bertz CT molecular complexity index is 654. The molecule has 0 radical (unpaired) electrons. The number of ether oxygens (including phenoxy) is 1. The molecule has 0 spiro atoms. The van der Waals surface area contributed by atoms with E-state index in [1.54, 1.807) is 0 Å². The first kappa shape index (κ1) is 15.4. The topological polar surface area (TPSA) is 85.4 Å². The maximum Gasteiger partial charge on any atom is 0.325 e. The molecule has 1 N–H and O–H groups in total. The van der Waals surface area contributed by atoms with Crippen LogP contribution in [0.15, 0.2) is 48.7 Å². The summed E-state index contributed by atoms with van der Waals surface area (Å²) < 4.78 is 5.04. The van der Waals surface area contributed by atoms with Crippen LogP contribution >= 0.6 is 0 Å². The monoisotopic (exact) mass is 298 g/mol. The molecule has 0 aliphatic heterocycles. The van der Waals surface area contributed by atoms with Crippen LogP contribution in [0.3, 0.4) is 0 Å². The van der Waals surface area contributed by atoms with E-state index >= 15 is 0 Å². The van der Waals surface area contributed by atoms with Gasteiger partial charge in [0.1, 0.15) is 18.8 Å². The Kier molecular flexibility index (Phi) is 5.37. The van der Waals surface area contributed by atoms with Crippen LogP contribution in [0.2, 0.25) is 0 Å². The first-order valence-corrected chi connectivity index (χ1v) is 6.58. The van der Waals surface area contributed by atoms with Crippen molar-refractivity contribution in [2.24, 2.45) is 0 Å². The molecule has 0 atom stereocenters. The van der Waals surface area contributed by atoms with E-state index in [-0.39, 0.29) is 24.4 Å². The van der Waals surface area contributed by atoms with Crippen molar-refractivity contribution in [3.63, 3.8) is 0 Å². The third-order valence-electron chi connectivity index (χ3n) is 2.81. The number of pyridine rings is 1. The van der Waals surface area contributed by atoms with Gasteiger partial charge < -0.3 is 10.1 Å². The van der Waals surface area contributed by atoms with E-state index in [1.165, 1.54) is 18.3 Å². The average molecular weight is 298 g/mol. The lowest BCUT2D eigenvalue weighted by molar-refractivity contribution is -0.143. The van der Waals surface area contributed by atoms with Crippen LogP contribution in [0.25, 0.3) is 0 Å². The third kappa shape index (κ3) is 4.52. The number of rotatable bonds is 6. The molecule has 22 heavy (non-hydrogen) atoms. The lowest BCUT2D eigenvalue weighted by Gasteiger charge is -2.06. The van der Waals surface area contributed by atoms with E-state index in [2.05, 4.69) is 10.3 Å². The van der Waals surface area contributed by atoms with Crippen molar-refractivity contribution < 1.29 is 19.1 Å². The Hall–Kier alpha value is -3.02. The van der Waals surface area contributed by atoms with Gasteiger partial charge in [-0.3, -0.25) is 19.4 Å². The van der Waals surface area contributed by atoms with E-state index in [4.69, 9.17) is 4.74 Å². The zero-order chi connectivity index (χ0) is 15.8. The van der Waals surface area contributed by atoms with E-state index in [0.29, 0.717) is 6.29 Å². The van der Waals surface area contributed by atoms with Gasteiger partial charge in [-0.1, -0.05) is 30.3 Å². The Morgan fingerprint density at radius 3 is 2.55 bits per heavy atom. The molecule has 1 aromatic heterocycles. The number of carbonyl (C=O) groups excluding carboxylic acids is 3. The molecule has 0 aliphatic carbocycles. The Labute approximate surface area is 127 Å². The van der Waals surface area contributed by atoms with Crippen molar-refractivity contribution in [3.8, 4) is 0 Å². The van der Waals surface area contributed by atoms with Gasteiger partial charge in [0.2, 0.25) is 0 Å². The number of esters is 1. The largest absolute Gasteiger partial charge is 0.460 e. The Morgan fingerprint density at radius 2 is 1.91 bits per heavy atom. The summed E-state index contributed by atoms with van der Waals surface area (Å²) in [6, 6.07) is 12.1. The van der Waals surface area contributed by atoms with Gasteiger partial charge in [-0.15, -0.1) is 0 Å². The number of aromatic nitrogens is 1. The Morgan fingerprint density at radius 1 is 1.14 bits per heavy atom. The second-order valence-corrected chi connectivity index (χ2v) is 4.42. The molecule has 0 aliphatic rings. The van der Waals surface area contributed by atoms with Crippen molar-refractivity contribution in [2.45, 2.75) is 6.61 Å². The molecular formula is C16H14N2O4. The molecule has 6 heteroatoms. The summed E-state index contributed by atoms with van der Waals surface area (Å²) >= 11 is 0. The Balaban J connectivity index is 1.77. The van der Waals surface area contributed by atoms with Crippen molar-refractivity contribution in [2.75, 3.05) is 6.54 Å². The van der Waals surface area contributed by atoms with E-state index in [0.717, 1.165) is 5.56 Å². The number of hydrogen-bond acceptors (Lipinski definition) is 5. The summed E-state index contributed by atoms with van der Waals surface area (Å²) in [6.45, 7) is -0.0772. The number of carbonyl (C=O) groups is 3. The highest BCUT2D eigenvalue weighted by molar-refractivity contribution is 5.95. The molecule has 0 fully saturated rings. The summed E-state index contributed by atoms with van der Waals surface area (Å²) in [7, 11) is 0. The van der Waals surface area contributed by atoms with Gasteiger partial charge in [0.25, 0.3) is 5.91 Å². The normalized spacial score (nSPS) is 9.82. The van der Waals surface area contributed by atoms with Crippen LogP contribution < -0.4 is 5.32 Å². The molecule has 0 bridgehead atoms. The van der Waals surface area contributed by atoms with Crippen LogP contribution in [0.5, 0.6) is 0 Å². The molecule has 1 heterocycles. The highest BCUT2D eigenvalue weighted by Gasteiger charge is 2.09. The summed E-state index contributed by atoms with van der Waals surface area (Å²) in [5.74, 6) is -0.990. The predicted octanol–water partition coefficient (Wildman–Crippen LogP) is 1.37. The minimum atomic E-state index is -0.533. The number of nitrogens with zero attached hydrogens (tertiary/aromatic N) is 1. The standard InChI is InChI=1S/C16H14N2O4/c19-10-14-7-6-13(8-17-14)16(21)18-9-15(20)22-11-12-4-2-1-3-5-12/h1-8,10H,9,11H2,(H,18,21). The molecule has 2 rings (SSSR count). The second-order valence-electron chi connectivity index (χ2n) is 4.42.